The van der Waals surface area contributed by atoms with Gasteiger partial charge in [-0.25, -0.2) is 4.79 Å². The number of amides is 3. The van der Waals surface area contributed by atoms with E-state index in [4.69, 9.17) is 10.5 Å². The number of rotatable bonds is 6. The average Bonchev–Trinajstić information content (AvgIpc) is 3.48. The number of carbonyl (C=O) groups is 3. The Morgan fingerprint density at radius 1 is 1.30 bits per heavy atom. The van der Waals surface area contributed by atoms with Gasteiger partial charge in [0.2, 0.25) is 5.91 Å². The van der Waals surface area contributed by atoms with E-state index in [2.05, 4.69) is 21.2 Å². The van der Waals surface area contributed by atoms with E-state index in [0.717, 1.165) is 35.2 Å². The summed E-state index contributed by atoms with van der Waals surface area (Å²) in [7, 11) is 0. The van der Waals surface area contributed by atoms with E-state index in [1.807, 2.05) is 17.9 Å². The minimum Gasteiger partial charge on any atom is -0.399 e. The van der Waals surface area contributed by atoms with Gasteiger partial charge in [0.15, 0.2) is 5.06 Å². The largest absolute Gasteiger partial charge is 0.413 e. The third-order valence-electron chi connectivity index (χ3n) is 6.08. The standard InChI is InChI=1S/C23H27BrN4O4S/c1-14-11-17(4-5-18(14)22(30)27-10-2-3-16(27)8-9-25)28-13-15(12-20(28)29)26-23(31)32-21-7-6-19(24)33-21/h4-7,11,15-16H,2-3,8-10,12-13,25H2,1H3,(H,26,31)/t15?,16-/m0/s1. The molecule has 4 rings (SSSR count). The maximum absolute atomic E-state index is 13.1. The number of hydrogen-bond donors (Lipinski definition) is 2. The number of halogens is 1. The Morgan fingerprint density at radius 3 is 2.82 bits per heavy atom. The quantitative estimate of drug-likeness (QED) is 0.588. The lowest BCUT2D eigenvalue weighted by Crippen LogP contribution is -2.38. The van der Waals surface area contributed by atoms with Crippen molar-refractivity contribution in [3.05, 3.63) is 45.2 Å². The van der Waals surface area contributed by atoms with Crippen LogP contribution in [-0.2, 0) is 4.79 Å². The number of likely N-dealkylation sites (tertiary alicyclic amines) is 1. The lowest BCUT2D eigenvalue weighted by molar-refractivity contribution is -0.117. The molecule has 10 heteroatoms. The third-order valence-corrected chi connectivity index (χ3v) is 7.58. The van der Waals surface area contributed by atoms with E-state index in [0.29, 0.717) is 29.4 Å². The number of hydrogen-bond acceptors (Lipinski definition) is 6. The van der Waals surface area contributed by atoms with Crippen molar-refractivity contribution < 1.29 is 19.1 Å². The molecule has 1 aromatic carbocycles. The predicted octanol–water partition coefficient (Wildman–Crippen LogP) is 3.67. The van der Waals surface area contributed by atoms with Gasteiger partial charge in [-0.05, 0) is 84.6 Å². The Balaban J connectivity index is 1.39. The Bertz CT molecular complexity index is 1060. The fourth-order valence-corrected chi connectivity index (χ4v) is 5.69. The monoisotopic (exact) mass is 534 g/mol. The summed E-state index contributed by atoms with van der Waals surface area (Å²) in [4.78, 5) is 41.5. The molecular weight excluding hydrogens is 508 g/mol. The number of aryl methyl sites for hydroxylation is 1. The van der Waals surface area contributed by atoms with Crippen LogP contribution in [0.4, 0.5) is 10.5 Å². The molecule has 2 aromatic rings. The van der Waals surface area contributed by atoms with Crippen LogP contribution in [0.1, 0.15) is 41.6 Å². The molecule has 2 aliphatic rings. The van der Waals surface area contributed by atoms with E-state index in [-0.39, 0.29) is 30.3 Å². The number of nitrogens with two attached hydrogens (primary N) is 1. The fourth-order valence-electron chi connectivity index (χ4n) is 4.50. The lowest BCUT2D eigenvalue weighted by atomic mass is 10.0. The molecule has 0 aliphatic carbocycles. The summed E-state index contributed by atoms with van der Waals surface area (Å²) in [5.74, 6) is -0.0644. The van der Waals surface area contributed by atoms with Crippen LogP contribution in [0.15, 0.2) is 34.1 Å². The normalized spacial score (nSPS) is 20.4. The first-order valence-electron chi connectivity index (χ1n) is 11.0. The summed E-state index contributed by atoms with van der Waals surface area (Å²) in [5.41, 5.74) is 7.90. The molecule has 0 spiro atoms. The van der Waals surface area contributed by atoms with Crippen molar-refractivity contribution in [2.75, 3.05) is 24.5 Å². The summed E-state index contributed by atoms with van der Waals surface area (Å²) in [6, 6.07) is 8.81. The fraction of sp³-hybridized carbons (Fsp3) is 0.435. The first kappa shape index (κ1) is 23.7. The van der Waals surface area contributed by atoms with E-state index < -0.39 is 6.09 Å². The van der Waals surface area contributed by atoms with Crippen molar-refractivity contribution in [2.24, 2.45) is 5.73 Å². The molecule has 176 valence electrons. The molecule has 0 saturated carbocycles. The second kappa shape index (κ2) is 10.2. The summed E-state index contributed by atoms with van der Waals surface area (Å²) in [6.07, 6.45) is 2.40. The van der Waals surface area contributed by atoms with Gasteiger partial charge >= 0.3 is 6.09 Å². The Hall–Kier alpha value is -2.43. The molecule has 1 unspecified atom stereocenters. The molecular formula is C23H27BrN4O4S. The van der Waals surface area contributed by atoms with Crippen molar-refractivity contribution in [3.63, 3.8) is 0 Å². The predicted molar refractivity (Wildman–Crippen MR) is 131 cm³/mol. The molecule has 3 N–H and O–H groups in total. The summed E-state index contributed by atoms with van der Waals surface area (Å²) >= 11 is 4.64. The number of ether oxygens (including phenoxy) is 1. The van der Waals surface area contributed by atoms with Gasteiger partial charge in [0.05, 0.1) is 9.83 Å². The number of anilines is 1. The second-order valence-electron chi connectivity index (χ2n) is 8.37. The van der Waals surface area contributed by atoms with Gasteiger partial charge in [-0.3, -0.25) is 9.59 Å². The average molecular weight is 535 g/mol. The van der Waals surface area contributed by atoms with Gasteiger partial charge < -0.3 is 25.6 Å². The highest BCUT2D eigenvalue weighted by Gasteiger charge is 2.33. The summed E-state index contributed by atoms with van der Waals surface area (Å²) in [5, 5.41) is 3.24. The number of benzene rings is 1. The molecule has 3 heterocycles. The molecule has 8 nitrogen and oxygen atoms in total. The second-order valence-corrected chi connectivity index (χ2v) is 10.8. The zero-order chi connectivity index (χ0) is 23.5. The van der Waals surface area contributed by atoms with Crippen molar-refractivity contribution in [2.45, 2.75) is 44.7 Å². The molecule has 1 aromatic heterocycles. The molecule has 0 bridgehead atoms. The minimum absolute atomic E-state index is 0.0188. The maximum atomic E-state index is 13.1. The zero-order valence-corrected chi connectivity index (χ0v) is 20.8. The van der Waals surface area contributed by atoms with E-state index in [1.54, 1.807) is 29.2 Å². The van der Waals surface area contributed by atoms with Crippen molar-refractivity contribution in [3.8, 4) is 5.06 Å². The van der Waals surface area contributed by atoms with Gasteiger partial charge in [0.25, 0.3) is 5.91 Å². The number of nitrogens with one attached hydrogen (secondary N) is 1. The van der Waals surface area contributed by atoms with Crippen LogP contribution in [0, 0.1) is 6.92 Å². The summed E-state index contributed by atoms with van der Waals surface area (Å²) in [6.45, 7) is 3.55. The molecule has 3 amide bonds. The Kier molecular flexibility index (Phi) is 7.35. The van der Waals surface area contributed by atoms with Crippen LogP contribution in [0.2, 0.25) is 0 Å². The lowest BCUT2D eigenvalue weighted by Gasteiger charge is -2.26. The van der Waals surface area contributed by atoms with E-state index in [9.17, 15) is 14.4 Å². The van der Waals surface area contributed by atoms with Crippen LogP contribution in [0.5, 0.6) is 5.06 Å². The van der Waals surface area contributed by atoms with Gasteiger partial charge in [0.1, 0.15) is 0 Å². The molecule has 2 atom stereocenters. The van der Waals surface area contributed by atoms with Gasteiger partial charge in [-0.1, -0.05) is 11.3 Å². The number of thiophene rings is 1. The molecule has 33 heavy (non-hydrogen) atoms. The third kappa shape index (κ3) is 5.39. The Morgan fingerprint density at radius 2 is 2.12 bits per heavy atom. The van der Waals surface area contributed by atoms with Crippen molar-refractivity contribution in [1.82, 2.24) is 10.2 Å². The number of carbonyl (C=O) groups excluding carboxylic acids is 3. The van der Waals surface area contributed by atoms with Crippen LogP contribution >= 0.6 is 27.3 Å². The van der Waals surface area contributed by atoms with Gasteiger partial charge in [0, 0.05) is 36.8 Å². The smallest absolute Gasteiger partial charge is 0.399 e. The number of nitrogens with zero attached hydrogens (tertiary/aromatic N) is 2. The molecule has 2 saturated heterocycles. The highest BCUT2D eigenvalue weighted by molar-refractivity contribution is 9.11. The summed E-state index contributed by atoms with van der Waals surface area (Å²) < 4.78 is 6.13. The Labute approximate surface area is 205 Å². The van der Waals surface area contributed by atoms with Crippen LogP contribution in [0.3, 0.4) is 0 Å². The van der Waals surface area contributed by atoms with Crippen LogP contribution in [-0.4, -0.2) is 54.5 Å². The van der Waals surface area contributed by atoms with Gasteiger partial charge in [-0.2, -0.15) is 0 Å². The van der Waals surface area contributed by atoms with E-state index >= 15 is 0 Å². The van der Waals surface area contributed by atoms with Crippen molar-refractivity contribution >= 4 is 50.9 Å². The van der Waals surface area contributed by atoms with E-state index in [1.165, 1.54) is 11.3 Å². The first-order chi connectivity index (χ1) is 15.9. The molecule has 0 radical (unpaired) electrons. The van der Waals surface area contributed by atoms with Crippen molar-refractivity contribution in [1.29, 1.82) is 0 Å². The van der Waals surface area contributed by atoms with Crippen LogP contribution < -0.4 is 20.7 Å². The zero-order valence-electron chi connectivity index (χ0n) is 18.4. The molecule has 2 aliphatic heterocycles. The first-order valence-corrected chi connectivity index (χ1v) is 12.6. The highest BCUT2D eigenvalue weighted by atomic mass is 79.9. The molecule has 2 fully saturated rings. The highest BCUT2D eigenvalue weighted by Crippen LogP contribution is 2.30. The SMILES string of the molecule is Cc1cc(N2CC(NC(=O)Oc3ccc(Br)s3)CC2=O)ccc1C(=O)N1CCC[C@H]1CCN. The van der Waals surface area contributed by atoms with Crippen LogP contribution in [0.25, 0.3) is 0 Å². The van der Waals surface area contributed by atoms with Gasteiger partial charge in [-0.15, -0.1) is 0 Å². The maximum Gasteiger partial charge on any atom is 0.413 e. The minimum atomic E-state index is -0.584. The topological polar surface area (TPSA) is 105 Å².